The fourth-order valence-corrected chi connectivity index (χ4v) is 2.34. The molecule has 0 aliphatic carbocycles. The van der Waals surface area contributed by atoms with Gasteiger partial charge in [-0.25, -0.2) is 0 Å². The number of non-ortho nitro benzene ring substituents is 1. The number of carbonyl (C=O) groups is 1. The van der Waals surface area contributed by atoms with Crippen LogP contribution in [-0.4, -0.2) is 20.6 Å². The fourth-order valence-electron chi connectivity index (χ4n) is 2.22. The predicted molar refractivity (Wildman–Crippen MR) is 87.9 cm³/mol. The molecular formula is C15H14ClN5O3. The highest BCUT2D eigenvalue weighted by Crippen LogP contribution is 2.25. The number of amides is 1. The maximum Gasteiger partial charge on any atom is 0.270 e. The van der Waals surface area contributed by atoms with Crippen LogP contribution in [0.3, 0.4) is 0 Å². The molecule has 1 aromatic carbocycles. The molecule has 1 aromatic heterocycles. The lowest BCUT2D eigenvalue weighted by molar-refractivity contribution is -0.384. The number of nitriles is 1. The molecule has 9 heteroatoms. The number of aromatic nitrogens is 2. The number of carbonyl (C=O) groups excluding carboxylic acids is 1. The number of rotatable bonds is 4. The Bertz CT molecular complexity index is 869. The molecule has 1 amide bonds. The average Bonchev–Trinajstić information content (AvgIpc) is 2.81. The Morgan fingerprint density at radius 1 is 1.50 bits per heavy atom. The normalized spacial score (nSPS) is 11.6. The van der Waals surface area contributed by atoms with Gasteiger partial charge >= 0.3 is 0 Å². The quantitative estimate of drug-likeness (QED) is 0.674. The number of benzene rings is 1. The van der Waals surface area contributed by atoms with Crippen molar-refractivity contribution in [2.45, 2.75) is 26.8 Å². The second-order valence-electron chi connectivity index (χ2n) is 5.19. The average molecular weight is 348 g/mol. The van der Waals surface area contributed by atoms with Crippen molar-refractivity contribution in [3.8, 4) is 6.07 Å². The molecule has 2 aromatic rings. The molecule has 0 fully saturated rings. The zero-order valence-electron chi connectivity index (χ0n) is 13.2. The lowest BCUT2D eigenvalue weighted by Crippen LogP contribution is -2.25. The summed E-state index contributed by atoms with van der Waals surface area (Å²) in [5.41, 5.74) is 1.26. The number of nitro benzene ring substituents is 1. The molecule has 24 heavy (non-hydrogen) atoms. The minimum Gasteiger partial charge on any atom is -0.323 e. The first-order valence-electron chi connectivity index (χ1n) is 6.96. The molecule has 0 aliphatic heterocycles. The van der Waals surface area contributed by atoms with Gasteiger partial charge in [-0.2, -0.15) is 10.4 Å². The van der Waals surface area contributed by atoms with Crippen molar-refractivity contribution in [2.75, 3.05) is 5.32 Å². The highest BCUT2D eigenvalue weighted by molar-refractivity contribution is 6.31. The van der Waals surface area contributed by atoms with E-state index in [4.69, 9.17) is 16.9 Å². The van der Waals surface area contributed by atoms with Crippen LogP contribution in [0.1, 0.15) is 29.9 Å². The Labute approximate surface area is 142 Å². The van der Waals surface area contributed by atoms with E-state index >= 15 is 0 Å². The number of halogens is 1. The van der Waals surface area contributed by atoms with E-state index in [1.165, 1.54) is 16.8 Å². The molecule has 1 unspecified atom stereocenters. The smallest absolute Gasteiger partial charge is 0.270 e. The van der Waals surface area contributed by atoms with Crippen LogP contribution in [0.5, 0.6) is 0 Å². The first-order valence-corrected chi connectivity index (χ1v) is 7.34. The molecular weight excluding hydrogens is 334 g/mol. The summed E-state index contributed by atoms with van der Waals surface area (Å²) in [4.78, 5) is 22.6. The second kappa shape index (κ2) is 6.68. The summed E-state index contributed by atoms with van der Waals surface area (Å²) >= 11 is 6.08. The summed E-state index contributed by atoms with van der Waals surface area (Å²) in [6.07, 6.45) is 0. The lowest BCUT2D eigenvalue weighted by atomic mass is 10.1. The van der Waals surface area contributed by atoms with Gasteiger partial charge in [0.2, 0.25) is 5.91 Å². The molecule has 0 aliphatic rings. The topological polar surface area (TPSA) is 114 Å². The van der Waals surface area contributed by atoms with Crippen LogP contribution < -0.4 is 5.32 Å². The number of hydrogen-bond donors (Lipinski definition) is 1. The third-order valence-corrected chi connectivity index (χ3v) is 4.12. The van der Waals surface area contributed by atoms with Crippen LogP contribution in [0.4, 0.5) is 11.4 Å². The van der Waals surface area contributed by atoms with Crippen molar-refractivity contribution in [1.82, 2.24) is 9.78 Å². The van der Waals surface area contributed by atoms with Crippen LogP contribution in [0.25, 0.3) is 0 Å². The molecule has 124 valence electrons. The van der Waals surface area contributed by atoms with E-state index in [0.717, 1.165) is 6.07 Å². The number of nitro groups is 1. The van der Waals surface area contributed by atoms with Crippen molar-refractivity contribution >= 4 is 28.9 Å². The first-order chi connectivity index (χ1) is 11.3. The zero-order valence-corrected chi connectivity index (χ0v) is 14.0. The Morgan fingerprint density at radius 3 is 2.67 bits per heavy atom. The van der Waals surface area contributed by atoms with Crippen molar-refractivity contribution in [3.63, 3.8) is 0 Å². The summed E-state index contributed by atoms with van der Waals surface area (Å²) in [6.45, 7) is 5.13. The Kier molecular flexibility index (Phi) is 4.85. The molecule has 2 rings (SSSR count). The maximum atomic E-state index is 12.4. The first kappa shape index (κ1) is 17.4. The number of nitrogens with zero attached hydrogens (tertiary/aromatic N) is 4. The number of hydrogen-bond acceptors (Lipinski definition) is 5. The molecule has 0 bridgehead atoms. The predicted octanol–water partition coefficient (Wildman–Crippen LogP) is 3.13. The van der Waals surface area contributed by atoms with E-state index in [-0.39, 0.29) is 16.9 Å². The van der Waals surface area contributed by atoms with Gasteiger partial charge in [0.05, 0.1) is 32.6 Å². The van der Waals surface area contributed by atoms with Gasteiger partial charge in [0.25, 0.3) is 5.69 Å². The van der Waals surface area contributed by atoms with Crippen molar-refractivity contribution < 1.29 is 9.72 Å². The summed E-state index contributed by atoms with van der Waals surface area (Å²) < 4.78 is 1.49. The highest BCUT2D eigenvalue weighted by Gasteiger charge is 2.22. The van der Waals surface area contributed by atoms with Gasteiger partial charge in [0, 0.05) is 12.1 Å². The number of anilines is 1. The van der Waals surface area contributed by atoms with Gasteiger partial charge in [-0.1, -0.05) is 11.6 Å². The standard InChI is InChI=1S/C15H14ClN5O3/c1-8-14(16)9(2)20(19-8)10(3)15(22)18-13-5-4-12(21(23)24)6-11(13)7-17/h4-6,10H,1-3H3,(H,18,22). The summed E-state index contributed by atoms with van der Waals surface area (Å²) in [7, 11) is 0. The zero-order chi connectivity index (χ0) is 18.0. The molecule has 0 radical (unpaired) electrons. The van der Waals surface area contributed by atoms with Crippen LogP contribution in [-0.2, 0) is 4.79 Å². The molecule has 1 heterocycles. The van der Waals surface area contributed by atoms with E-state index < -0.39 is 16.9 Å². The SMILES string of the molecule is Cc1nn(C(C)C(=O)Nc2ccc([N+](=O)[O-])cc2C#N)c(C)c1Cl. The monoisotopic (exact) mass is 347 g/mol. The summed E-state index contributed by atoms with van der Waals surface area (Å²) in [5, 5.41) is 27.2. The number of aryl methyl sites for hydroxylation is 1. The minimum atomic E-state index is -0.669. The molecule has 0 saturated heterocycles. The molecule has 0 spiro atoms. The van der Waals surface area contributed by atoms with Gasteiger partial charge in [-0.05, 0) is 26.8 Å². The molecule has 1 atom stereocenters. The van der Waals surface area contributed by atoms with E-state index in [9.17, 15) is 14.9 Å². The lowest BCUT2D eigenvalue weighted by Gasteiger charge is -2.15. The van der Waals surface area contributed by atoms with Crippen LogP contribution in [0, 0.1) is 35.3 Å². The molecule has 0 saturated carbocycles. The Balaban J connectivity index is 2.28. The third-order valence-electron chi connectivity index (χ3n) is 3.58. The van der Waals surface area contributed by atoms with Crippen molar-refractivity contribution in [3.05, 3.63) is 50.3 Å². The van der Waals surface area contributed by atoms with Gasteiger partial charge in [0.1, 0.15) is 12.1 Å². The maximum absolute atomic E-state index is 12.4. The van der Waals surface area contributed by atoms with Crippen LogP contribution in [0.15, 0.2) is 18.2 Å². The third kappa shape index (κ3) is 3.21. The van der Waals surface area contributed by atoms with Gasteiger partial charge in [-0.3, -0.25) is 19.6 Å². The van der Waals surface area contributed by atoms with E-state index in [1.807, 2.05) is 6.07 Å². The van der Waals surface area contributed by atoms with Crippen molar-refractivity contribution in [2.24, 2.45) is 0 Å². The summed E-state index contributed by atoms with van der Waals surface area (Å²) in [6, 6.07) is 4.83. The Morgan fingerprint density at radius 2 is 2.17 bits per heavy atom. The fraction of sp³-hybridized carbons (Fsp3) is 0.267. The summed E-state index contributed by atoms with van der Waals surface area (Å²) in [5.74, 6) is -0.414. The van der Waals surface area contributed by atoms with Crippen LogP contribution >= 0.6 is 11.6 Å². The second-order valence-corrected chi connectivity index (χ2v) is 5.57. The van der Waals surface area contributed by atoms with Gasteiger partial charge in [-0.15, -0.1) is 0 Å². The van der Waals surface area contributed by atoms with E-state index in [0.29, 0.717) is 16.4 Å². The molecule has 1 N–H and O–H groups in total. The largest absolute Gasteiger partial charge is 0.323 e. The molecule has 8 nitrogen and oxygen atoms in total. The highest BCUT2D eigenvalue weighted by atomic mass is 35.5. The van der Waals surface area contributed by atoms with Crippen LogP contribution in [0.2, 0.25) is 5.02 Å². The van der Waals surface area contributed by atoms with Gasteiger partial charge in [0.15, 0.2) is 0 Å². The van der Waals surface area contributed by atoms with Gasteiger partial charge < -0.3 is 5.32 Å². The van der Waals surface area contributed by atoms with E-state index in [2.05, 4.69) is 10.4 Å². The Hall–Kier alpha value is -2.92. The van der Waals surface area contributed by atoms with Crippen molar-refractivity contribution in [1.29, 1.82) is 5.26 Å². The minimum absolute atomic E-state index is 0.0103. The van der Waals surface area contributed by atoms with E-state index in [1.54, 1.807) is 20.8 Å². The number of nitrogens with one attached hydrogen (secondary N) is 1.